The van der Waals surface area contributed by atoms with E-state index in [2.05, 4.69) is 16.0 Å². The predicted molar refractivity (Wildman–Crippen MR) is 81.4 cm³/mol. The first-order chi connectivity index (χ1) is 9.78. The lowest BCUT2D eigenvalue weighted by Gasteiger charge is -2.25. The van der Waals surface area contributed by atoms with Crippen LogP contribution < -0.4 is 9.64 Å². The molecule has 4 heteroatoms. The van der Waals surface area contributed by atoms with Crippen LogP contribution in [0.15, 0.2) is 42.6 Å². The molecule has 0 saturated heterocycles. The van der Waals surface area contributed by atoms with E-state index < -0.39 is 0 Å². The molecule has 20 heavy (non-hydrogen) atoms. The summed E-state index contributed by atoms with van der Waals surface area (Å²) in [7, 11) is 1.71. The summed E-state index contributed by atoms with van der Waals surface area (Å²) in [5.74, 6) is 0.929. The van der Waals surface area contributed by atoms with Crippen molar-refractivity contribution in [3.05, 3.63) is 53.3 Å². The second-order valence-corrected chi connectivity index (χ2v) is 5.39. The van der Waals surface area contributed by atoms with Gasteiger partial charge in [-0.05, 0) is 31.0 Å². The number of halogens is 1. The topological polar surface area (TPSA) is 25.4 Å². The third kappa shape index (κ3) is 2.88. The summed E-state index contributed by atoms with van der Waals surface area (Å²) in [6.07, 6.45) is 4.22. The van der Waals surface area contributed by atoms with Crippen molar-refractivity contribution in [3.8, 4) is 5.75 Å². The highest BCUT2D eigenvalue weighted by molar-refractivity contribution is 6.29. The van der Waals surface area contributed by atoms with E-state index in [1.54, 1.807) is 13.3 Å². The fourth-order valence-electron chi connectivity index (χ4n) is 2.41. The molecule has 1 aromatic carbocycles. The summed E-state index contributed by atoms with van der Waals surface area (Å²) in [5.41, 5.74) is 2.31. The predicted octanol–water partition coefficient (Wildman–Crippen LogP) is 3.91. The van der Waals surface area contributed by atoms with Gasteiger partial charge in [0, 0.05) is 30.0 Å². The Kier molecular flexibility index (Phi) is 3.79. The van der Waals surface area contributed by atoms with Gasteiger partial charge in [-0.1, -0.05) is 29.8 Å². The molecule has 1 heterocycles. The highest BCUT2D eigenvalue weighted by Gasteiger charge is 2.30. The Morgan fingerprint density at radius 3 is 2.80 bits per heavy atom. The lowest BCUT2D eigenvalue weighted by Crippen LogP contribution is -2.25. The Bertz CT molecular complexity index is 599. The maximum Gasteiger partial charge on any atom is 0.131 e. The largest absolute Gasteiger partial charge is 0.496 e. The second-order valence-electron chi connectivity index (χ2n) is 5.01. The Labute approximate surface area is 124 Å². The number of methoxy groups -OCH3 is 1. The smallest absolute Gasteiger partial charge is 0.131 e. The quantitative estimate of drug-likeness (QED) is 0.780. The van der Waals surface area contributed by atoms with Crippen molar-refractivity contribution in [1.82, 2.24) is 4.98 Å². The summed E-state index contributed by atoms with van der Waals surface area (Å²) in [4.78, 5) is 6.44. The molecular weight excluding hydrogens is 272 g/mol. The average molecular weight is 289 g/mol. The van der Waals surface area contributed by atoms with Gasteiger partial charge in [0.05, 0.1) is 7.11 Å². The molecule has 2 aromatic rings. The first kappa shape index (κ1) is 13.3. The fourth-order valence-corrected chi connectivity index (χ4v) is 2.57. The van der Waals surface area contributed by atoms with Crippen LogP contribution >= 0.6 is 11.6 Å². The summed E-state index contributed by atoms with van der Waals surface area (Å²) in [5, 5.41) is 0.535. The molecule has 0 spiro atoms. The second kappa shape index (κ2) is 5.71. The van der Waals surface area contributed by atoms with E-state index in [0.29, 0.717) is 11.2 Å². The Hall–Kier alpha value is -1.74. The minimum absolute atomic E-state index is 0.535. The van der Waals surface area contributed by atoms with E-state index in [4.69, 9.17) is 16.3 Å². The number of benzene rings is 1. The molecule has 1 aliphatic carbocycles. The zero-order valence-corrected chi connectivity index (χ0v) is 12.2. The summed E-state index contributed by atoms with van der Waals surface area (Å²) in [6, 6.07) is 12.7. The number of para-hydroxylation sites is 1. The van der Waals surface area contributed by atoms with Crippen LogP contribution in [0, 0.1) is 0 Å². The molecule has 0 N–H and O–H groups in total. The van der Waals surface area contributed by atoms with Crippen LogP contribution in [0.25, 0.3) is 0 Å². The van der Waals surface area contributed by atoms with Crippen LogP contribution in [0.3, 0.4) is 0 Å². The van der Waals surface area contributed by atoms with Crippen LogP contribution in [0.2, 0.25) is 5.15 Å². The maximum atomic E-state index is 6.01. The van der Waals surface area contributed by atoms with Crippen molar-refractivity contribution in [2.24, 2.45) is 0 Å². The van der Waals surface area contributed by atoms with Crippen molar-refractivity contribution in [1.29, 1.82) is 0 Å². The van der Waals surface area contributed by atoms with Crippen LogP contribution in [-0.2, 0) is 6.54 Å². The molecule has 0 unspecified atom stereocenters. The lowest BCUT2D eigenvalue weighted by atomic mass is 10.1. The summed E-state index contributed by atoms with van der Waals surface area (Å²) >= 11 is 6.01. The van der Waals surface area contributed by atoms with E-state index in [1.807, 2.05) is 30.3 Å². The molecule has 3 nitrogen and oxygen atoms in total. The van der Waals surface area contributed by atoms with Gasteiger partial charge in [0.2, 0.25) is 0 Å². The molecule has 3 rings (SSSR count). The standard InChI is InChI=1S/C16H17ClN2O/c1-20-15-5-3-2-4-12(15)11-19(13-6-7-13)14-8-9-18-16(17)10-14/h2-5,8-10,13H,6-7,11H2,1H3. The van der Waals surface area contributed by atoms with Crippen molar-refractivity contribution in [2.75, 3.05) is 12.0 Å². The van der Waals surface area contributed by atoms with Crippen LogP contribution in [0.5, 0.6) is 5.75 Å². The number of aromatic nitrogens is 1. The molecule has 1 saturated carbocycles. The number of rotatable bonds is 5. The summed E-state index contributed by atoms with van der Waals surface area (Å²) < 4.78 is 5.44. The number of hydrogen-bond donors (Lipinski definition) is 0. The van der Waals surface area contributed by atoms with Gasteiger partial charge in [-0.15, -0.1) is 0 Å². The van der Waals surface area contributed by atoms with Crippen LogP contribution in [-0.4, -0.2) is 18.1 Å². The molecule has 0 radical (unpaired) electrons. The van der Waals surface area contributed by atoms with Crippen molar-refractivity contribution < 1.29 is 4.74 Å². The molecule has 1 fully saturated rings. The van der Waals surface area contributed by atoms with Gasteiger partial charge < -0.3 is 9.64 Å². The van der Waals surface area contributed by atoms with E-state index in [9.17, 15) is 0 Å². The van der Waals surface area contributed by atoms with E-state index in [0.717, 1.165) is 18.0 Å². The zero-order valence-electron chi connectivity index (χ0n) is 11.4. The summed E-state index contributed by atoms with van der Waals surface area (Å²) in [6.45, 7) is 0.828. The Morgan fingerprint density at radius 2 is 2.10 bits per heavy atom. The molecule has 0 bridgehead atoms. The Balaban J connectivity index is 1.88. The van der Waals surface area contributed by atoms with Gasteiger partial charge in [-0.3, -0.25) is 0 Å². The molecule has 0 amide bonds. The van der Waals surface area contributed by atoms with Gasteiger partial charge in [0.1, 0.15) is 10.9 Å². The van der Waals surface area contributed by atoms with E-state index in [-0.39, 0.29) is 0 Å². The minimum atomic E-state index is 0.535. The monoisotopic (exact) mass is 288 g/mol. The third-order valence-corrected chi connectivity index (χ3v) is 3.77. The van der Waals surface area contributed by atoms with Gasteiger partial charge in [-0.2, -0.15) is 0 Å². The van der Waals surface area contributed by atoms with Gasteiger partial charge in [-0.25, -0.2) is 4.98 Å². The van der Waals surface area contributed by atoms with Crippen molar-refractivity contribution >= 4 is 17.3 Å². The number of ether oxygens (including phenoxy) is 1. The fraction of sp³-hybridized carbons (Fsp3) is 0.312. The molecule has 0 atom stereocenters. The molecular formula is C16H17ClN2O. The first-order valence-electron chi connectivity index (χ1n) is 6.78. The van der Waals surface area contributed by atoms with E-state index in [1.165, 1.54) is 18.4 Å². The number of nitrogens with zero attached hydrogens (tertiary/aromatic N) is 2. The molecule has 104 valence electrons. The minimum Gasteiger partial charge on any atom is -0.496 e. The Morgan fingerprint density at radius 1 is 1.30 bits per heavy atom. The average Bonchev–Trinajstić information content (AvgIpc) is 3.29. The number of anilines is 1. The molecule has 0 aliphatic heterocycles. The maximum absolute atomic E-state index is 6.01. The number of hydrogen-bond acceptors (Lipinski definition) is 3. The molecule has 1 aliphatic rings. The van der Waals surface area contributed by atoms with Gasteiger partial charge >= 0.3 is 0 Å². The first-order valence-corrected chi connectivity index (χ1v) is 7.16. The van der Waals surface area contributed by atoms with E-state index >= 15 is 0 Å². The zero-order chi connectivity index (χ0) is 13.9. The van der Waals surface area contributed by atoms with Crippen LogP contribution in [0.1, 0.15) is 18.4 Å². The van der Waals surface area contributed by atoms with Gasteiger partial charge in [0.15, 0.2) is 0 Å². The van der Waals surface area contributed by atoms with Crippen molar-refractivity contribution in [3.63, 3.8) is 0 Å². The lowest BCUT2D eigenvalue weighted by molar-refractivity contribution is 0.409. The van der Waals surface area contributed by atoms with Crippen molar-refractivity contribution in [2.45, 2.75) is 25.4 Å². The normalized spacial score (nSPS) is 14.1. The molecule has 1 aromatic heterocycles. The van der Waals surface area contributed by atoms with Gasteiger partial charge in [0.25, 0.3) is 0 Å². The number of pyridine rings is 1. The third-order valence-electron chi connectivity index (χ3n) is 3.56. The highest BCUT2D eigenvalue weighted by Crippen LogP contribution is 2.34. The highest BCUT2D eigenvalue weighted by atomic mass is 35.5. The SMILES string of the molecule is COc1ccccc1CN(c1ccnc(Cl)c1)C1CC1. The van der Waals surface area contributed by atoms with Crippen LogP contribution in [0.4, 0.5) is 5.69 Å².